The quantitative estimate of drug-likeness (QED) is 0.415. The van der Waals surface area contributed by atoms with Gasteiger partial charge in [-0.3, -0.25) is 30.0 Å². The number of rotatable bonds is 6. The molecule has 0 N–H and O–H groups in total. The van der Waals surface area contributed by atoms with Crippen LogP contribution in [0.1, 0.15) is 5.56 Å². The van der Waals surface area contributed by atoms with Crippen molar-refractivity contribution in [3.05, 3.63) is 55.9 Å². The van der Waals surface area contributed by atoms with E-state index in [2.05, 4.69) is 4.98 Å². The van der Waals surface area contributed by atoms with Crippen LogP contribution in [-0.4, -0.2) is 33.7 Å². The standard InChI is InChI=1S/C10H9N3O5/c14-10(7-13(17)18)9(6-12(15)16)5-8-1-3-11-4-2-8/h1-5H,6-7H2. The summed E-state index contributed by atoms with van der Waals surface area (Å²) in [5.41, 5.74) is 0.321. The number of carbonyl (C=O) groups excluding carboxylic acids is 1. The Morgan fingerprint density at radius 2 is 1.72 bits per heavy atom. The van der Waals surface area contributed by atoms with Crippen LogP contribution in [0.2, 0.25) is 0 Å². The summed E-state index contributed by atoms with van der Waals surface area (Å²) in [6.45, 7) is -1.69. The SMILES string of the molecule is O=C(C[N+](=O)[O-])C(=Cc1ccncc1)C[N+](=O)[O-]. The van der Waals surface area contributed by atoms with Crippen LogP contribution in [0.3, 0.4) is 0 Å². The molecule has 0 aliphatic carbocycles. The van der Waals surface area contributed by atoms with Crippen LogP contribution in [0.25, 0.3) is 6.08 Å². The molecule has 0 atom stereocenters. The van der Waals surface area contributed by atoms with Gasteiger partial charge in [-0.2, -0.15) is 0 Å². The summed E-state index contributed by atoms with van der Waals surface area (Å²) in [7, 11) is 0. The largest absolute Gasteiger partial charge is 0.287 e. The Balaban J connectivity index is 2.98. The number of carbonyl (C=O) groups is 1. The summed E-state index contributed by atoms with van der Waals surface area (Å²) in [6, 6.07) is 3.08. The van der Waals surface area contributed by atoms with E-state index in [-0.39, 0.29) is 5.57 Å². The molecular formula is C10H9N3O5. The van der Waals surface area contributed by atoms with Gasteiger partial charge in [0.1, 0.15) is 0 Å². The molecule has 0 saturated carbocycles. The molecule has 0 spiro atoms. The van der Waals surface area contributed by atoms with E-state index in [1.54, 1.807) is 12.1 Å². The van der Waals surface area contributed by atoms with Crippen molar-refractivity contribution in [2.24, 2.45) is 0 Å². The van der Waals surface area contributed by atoms with Gasteiger partial charge < -0.3 is 0 Å². The Bertz CT molecular complexity index is 497. The molecule has 0 bridgehead atoms. The number of nitro groups is 2. The minimum Gasteiger partial charge on any atom is -0.287 e. The molecule has 0 amide bonds. The number of ketones is 1. The van der Waals surface area contributed by atoms with Crippen molar-refractivity contribution in [1.29, 1.82) is 0 Å². The first kappa shape index (κ1) is 13.4. The molecule has 8 nitrogen and oxygen atoms in total. The van der Waals surface area contributed by atoms with Gasteiger partial charge in [0.05, 0.1) is 5.57 Å². The summed E-state index contributed by atoms with van der Waals surface area (Å²) < 4.78 is 0. The Morgan fingerprint density at radius 1 is 1.17 bits per heavy atom. The molecule has 0 aliphatic heterocycles. The molecule has 0 aromatic carbocycles. The van der Waals surface area contributed by atoms with Crippen molar-refractivity contribution in [2.45, 2.75) is 0 Å². The smallest absolute Gasteiger partial charge is 0.265 e. The lowest BCUT2D eigenvalue weighted by molar-refractivity contribution is -0.474. The average Bonchev–Trinajstić information content (AvgIpc) is 2.28. The number of pyridine rings is 1. The predicted octanol–water partition coefficient (Wildman–Crippen LogP) is 0.587. The second-order valence-electron chi connectivity index (χ2n) is 3.35. The molecular weight excluding hydrogens is 242 g/mol. The zero-order valence-corrected chi connectivity index (χ0v) is 9.18. The summed E-state index contributed by atoms with van der Waals surface area (Å²) in [6.07, 6.45) is 4.16. The zero-order chi connectivity index (χ0) is 13.5. The maximum Gasteiger partial charge on any atom is 0.265 e. The predicted molar refractivity (Wildman–Crippen MR) is 60.9 cm³/mol. The number of aromatic nitrogens is 1. The summed E-state index contributed by atoms with van der Waals surface area (Å²) in [5.74, 6) is -0.867. The van der Waals surface area contributed by atoms with Crippen LogP contribution in [0.15, 0.2) is 30.1 Å². The maximum absolute atomic E-state index is 11.5. The fourth-order valence-electron chi connectivity index (χ4n) is 1.23. The first-order valence-electron chi connectivity index (χ1n) is 4.86. The molecule has 0 unspecified atom stereocenters. The van der Waals surface area contributed by atoms with Crippen molar-refractivity contribution < 1.29 is 14.6 Å². The van der Waals surface area contributed by atoms with Crippen molar-refractivity contribution in [1.82, 2.24) is 4.98 Å². The molecule has 1 aromatic heterocycles. The van der Waals surface area contributed by atoms with E-state index in [9.17, 15) is 25.0 Å². The van der Waals surface area contributed by atoms with Crippen LogP contribution in [0.4, 0.5) is 0 Å². The summed E-state index contributed by atoms with van der Waals surface area (Å²) >= 11 is 0. The van der Waals surface area contributed by atoms with E-state index >= 15 is 0 Å². The van der Waals surface area contributed by atoms with Crippen LogP contribution in [-0.2, 0) is 4.79 Å². The molecule has 18 heavy (non-hydrogen) atoms. The van der Waals surface area contributed by atoms with Crippen LogP contribution >= 0.6 is 0 Å². The highest BCUT2D eigenvalue weighted by atomic mass is 16.6. The van der Waals surface area contributed by atoms with Gasteiger partial charge in [-0.15, -0.1) is 0 Å². The fraction of sp³-hybridized carbons (Fsp3) is 0.200. The van der Waals surface area contributed by atoms with Gasteiger partial charge in [0.2, 0.25) is 12.3 Å². The highest BCUT2D eigenvalue weighted by Gasteiger charge is 2.20. The number of hydrogen-bond donors (Lipinski definition) is 0. The Kier molecular flexibility index (Phi) is 4.61. The highest BCUT2D eigenvalue weighted by molar-refractivity contribution is 6.00. The van der Waals surface area contributed by atoms with Gasteiger partial charge in [0, 0.05) is 22.2 Å². The van der Waals surface area contributed by atoms with Crippen molar-refractivity contribution in [3.8, 4) is 0 Å². The first-order valence-corrected chi connectivity index (χ1v) is 4.86. The van der Waals surface area contributed by atoms with Crippen LogP contribution in [0.5, 0.6) is 0 Å². The van der Waals surface area contributed by atoms with E-state index in [4.69, 9.17) is 0 Å². The zero-order valence-electron chi connectivity index (χ0n) is 9.18. The molecule has 0 aliphatic rings. The van der Waals surface area contributed by atoms with Gasteiger partial charge in [-0.25, -0.2) is 0 Å². The number of hydrogen-bond acceptors (Lipinski definition) is 6. The first-order chi connectivity index (χ1) is 8.49. The number of Topliss-reactive ketones (excluding diaryl/α,β-unsaturated/α-hetero) is 1. The maximum atomic E-state index is 11.5. The summed E-state index contributed by atoms with van der Waals surface area (Å²) in [5, 5.41) is 20.7. The van der Waals surface area contributed by atoms with Gasteiger partial charge in [-0.1, -0.05) is 0 Å². The van der Waals surface area contributed by atoms with E-state index in [0.717, 1.165) is 0 Å². The van der Waals surface area contributed by atoms with Crippen LogP contribution < -0.4 is 0 Å². The molecule has 1 aromatic rings. The third-order valence-electron chi connectivity index (χ3n) is 1.98. The van der Waals surface area contributed by atoms with E-state index < -0.39 is 28.7 Å². The minimum absolute atomic E-state index is 0.206. The lowest BCUT2D eigenvalue weighted by Crippen LogP contribution is -2.20. The van der Waals surface area contributed by atoms with E-state index in [1.807, 2.05) is 0 Å². The van der Waals surface area contributed by atoms with E-state index in [0.29, 0.717) is 5.56 Å². The third kappa shape index (κ3) is 4.47. The summed E-state index contributed by atoms with van der Waals surface area (Å²) in [4.78, 5) is 34.3. The van der Waals surface area contributed by atoms with Gasteiger partial charge in [-0.05, 0) is 23.8 Å². The Hall–Kier alpha value is -2.64. The van der Waals surface area contributed by atoms with Gasteiger partial charge in [0.25, 0.3) is 6.54 Å². The van der Waals surface area contributed by atoms with Crippen molar-refractivity contribution in [2.75, 3.05) is 13.1 Å². The van der Waals surface area contributed by atoms with Crippen molar-refractivity contribution >= 4 is 11.9 Å². The van der Waals surface area contributed by atoms with Gasteiger partial charge in [0.15, 0.2) is 0 Å². The monoisotopic (exact) mass is 251 g/mol. The topological polar surface area (TPSA) is 116 Å². The van der Waals surface area contributed by atoms with E-state index in [1.165, 1.54) is 18.5 Å². The molecule has 1 heterocycles. The van der Waals surface area contributed by atoms with Crippen molar-refractivity contribution in [3.63, 3.8) is 0 Å². The minimum atomic E-state index is -0.954. The molecule has 0 radical (unpaired) electrons. The molecule has 0 fully saturated rings. The average molecular weight is 251 g/mol. The lowest BCUT2D eigenvalue weighted by atomic mass is 10.1. The highest BCUT2D eigenvalue weighted by Crippen LogP contribution is 2.07. The Labute approximate surface area is 101 Å². The second kappa shape index (κ2) is 6.18. The molecule has 1 rings (SSSR count). The molecule has 94 valence electrons. The lowest BCUT2D eigenvalue weighted by Gasteiger charge is -1.99. The number of nitrogens with zero attached hydrogens (tertiary/aromatic N) is 3. The molecule has 0 saturated heterocycles. The third-order valence-corrected chi connectivity index (χ3v) is 1.98. The van der Waals surface area contributed by atoms with Gasteiger partial charge >= 0.3 is 0 Å². The van der Waals surface area contributed by atoms with Crippen LogP contribution in [0, 0.1) is 20.2 Å². The fourth-order valence-corrected chi connectivity index (χ4v) is 1.23. The molecule has 8 heteroatoms. The normalized spacial score (nSPS) is 11.0. The second-order valence-corrected chi connectivity index (χ2v) is 3.35. The Morgan fingerprint density at radius 3 is 2.22 bits per heavy atom.